The number of ketones is 1. The van der Waals surface area contributed by atoms with Crippen molar-refractivity contribution in [1.29, 1.82) is 0 Å². The molecule has 2 aliphatic rings. The highest BCUT2D eigenvalue weighted by Gasteiger charge is 2.30. The number of amides is 2. The third-order valence-corrected chi connectivity index (χ3v) is 5.18. The lowest BCUT2D eigenvalue weighted by Gasteiger charge is -2.39. The van der Waals surface area contributed by atoms with Crippen LogP contribution >= 0.6 is 0 Å². The van der Waals surface area contributed by atoms with Gasteiger partial charge in [0.2, 0.25) is 0 Å². The van der Waals surface area contributed by atoms with Gasteiger partial charge in [0.1, 0.15) is 5.82 Å². The number of hydrogen-bond donors (Lipinski definition) is 0. The molecule has 1 aromatic heterocycles. The van der Waals surface area contributed by atoms with Crippen LogP contribution in [0.15, 0.2) is 24.3 Å². The molecule has 1 aromatic carbocycles. The molecular formula is C19H23FN6O3. The molecule has 9 nitrogen and oxygen atoms in total. The largest absolute Gasteiger partial charge is 0.378 e. The van der Waals surface area contributed by atoms with E-state index >= 15 is 0 Å². The molecule has 29 heavy (non-hydrogen) atoms. The van der Waals surface area contributed by atoms with Crippen molar-refractivity contribution in [2.75, 3.05) is 57.4 Å². The van der Waals surface area contributed by atoms with Crippen LogP contribution in [0.3, 0.4) is 0 Å². The van der Waals surface area contributed by atoms with Gasteiger partial charge in [-0.25, -0.2) is 9.18 Å². The van der Waals surface area contributed by atoms with E-state index in [9.17, 15) is 14.0 Å². The van der Waals surface area contributed by atoms with Gasteiger partial charge in [0.15, 0.2) is 17.3 Å². The van der Waals surface area contributed by atoms with E-state index in [-0.39, 0.29) is 23.3 Å². The summed E-state index contributed by atoms with van der Waals surface area (Å²) in [6, 6.07) is 5.89. The van der Waals surface area contributed by atoms with Crippen LogP contribution in [0.2, 0.25) is 0 Å². The van der Waals surface area contributed by atoms with Gasteiger partial charge < -0.3 is 19.4 Å². The third kappa shape index (κ3) is 3.93. The quantitative estimate of drug-likeness (QED) is 0.717. The highest BCUT2D eigenvalue weighted by Crippen LogP contribution is 2.25. The Labute approximate surface area is 167 Å². The lowest BCUT2D eigenvalue weighted by molar-refractivity contribution is 0.0428. The van der Waals surface area contributed by atoms with Crippen LogP contribution in [-0.4, -0.2) is 89.1 Å². The van der Waals surface area contributed by atoms with E-state index in [2.05, 4.69) is 10.3 Å². The number of carbonyl (C=O) groups is 2. The Morgan fingerprint density at radius 1 is 0.966 bits per heavy atom. The maximum absolute atomic E-state index is 13.3. The topological polar surface area (TPSA) is 83.8 Å². The number of urea groups is 1. The number of piperazine rings is 1. The van der Waals surface area contributed by atoms with Crippen LogP contribution in [0.1, 0.15) is 17.4 Å². The van der Waals surface area contributed by atoms with Gasteiger partial charge in [-0.2, -0.15) is 4.68 Å². The number of benzene rings is 1. The molecular weight excluding hydrogens is 379 g/mol. The lowest BCUT2D eigenvalue weighted by Crippen LogP contribution is -2.55. The zero-order valence-corrected chi connectivity index (χ0v) is 16.3. The molecule has 0 aliphatic carbocycles. The van der Waals surface area contributed by atoms with Crippen LogP contribution in [0, 0.1) is 5.82 Å². The minimum absolute atomic E-state index is 0.0184. The summed E-state index contributed by atoms with van der Waals surface area (Å²) in [6.45, 7) is 5.94. The molecule has 0 spiro atoms. The molecule has 0 atom stereocenters. The van der Waals surface area contributed by atoms with E-state index in [1.54, 1.807) is 16.8 Å². The van der Waals surface area contributed by atoms with Crippen LogP contribution in [-0.2, 0) is 4.74 Å². The number of morpholine rings is 1. The molecule has 3 heterocycles. The van der Waals surface area contributed by atoms with Gasteiger partial charge in [0, 0.05) is 46.2 Å². The fraction of sp³-hybridized carbons (Fsp3) is 0.474. The van der Waals surface area contributed by atoms with Gasteiger partial charge in [-0.05, 0) is 24.3 Å². The molecule has 2 fully saturated rings. The van der Waals surface area contributed by atoms with Crippen molar-refractivity contribution in [3.8, 4) is 5.69 Å². The maximum atomic E-state index is 13.3. The van der Waals surface area contributed by atoms with Crippen LogP contribution in [0.4, 0.5) is 15.0 Å². The maximum Gasteiger partial charge on any atom is 0.320 e. The van der Waals surface area contributed by atoms with Crippen molar-refractivity contribution < 1.29 is 18.7 Å². The van der Waals surface area contributed by atoms with E-state index in [0.29, 0.717) is 64.0 Å². The average molecular weight is 402 g/mol. The molecule has 2 aliphatic heterocycles. The van der Waals surface area contributed by atoms with Crippen LogP contribution in [0.25, 0.3) is 5.69 Å². The van der Waals surface area contributed by atoms with E-state index in [0.717, 1.165) is 0 Å². The molecule has 0 radical (unpaired) electrons. The normalized spacial score (nSPS) is 17.5. The van der Waals surface area contributed by atoms with E-state index in [1.165, 1.54) is 19.1 Å². The summed E-state index contributed by atoms with van der Waals surface area (Å²) >= 11 is 0. The highest BCUT2D eigenvalue weighted by molar-refractivity contribution is 5.97. The minimum atomic E-state index is -0.350. The first kappa shape index (κ1) is 19.3. The molecule has 0 saturated carbocycles. The summed E-state index contributed by atoms with van der Waals surface area (Å²) in [4.78, 5) is 30.4. The van der Waals surface area contributed by atoms with Gasteiger partial charge in [-0.3, -0.25) is 4.79 Å². The fourth-order valence-electron chi connectivity index (χ4n) is 3.61. The first-order chi connectivity index (χ1) is 14.0. The van der Waals surface area contributed by atoms with E-state index < -0.39 is 0 Å². The molecule has 0 unspecified atom stereocenters. The number of carbonyl (C=O) groups excluding carboxylic acids is 2. The van der Waals surface area contributed by atoms with Crippen LogP contribution in [0.5, 0.6) is 0 Å². The zero-order chi connectivity index (χ0) is 20.4. The Morgan fingerprint density at radius 2 is 1.59 bits per heavy atom. The molecule has 154 valence electrons. The van der Waals surface area contributed by atoms with Crippen molar-refractivity contribution in [3.05, 3.63) is 35.8 Å². The number of aromatic nitrogens is 3. The molecule has 2 saturated heterocycles. The van der Waals surface area contributed by atoms with Crippen molar-refractivity contribution in [2.24, 2.45) is 0 Å². The van der Waals surface area contributed by atoms with Gasteiger partial charge in [-0.1, -0.05) is 5.21 Å². The smallest absolute Gasteiger partial charge is 0.320 e. The van der Waals surface area contributed by atoms with Crippen molar-refractivity contribution in [2.45, 2.75) is 6.92 Å². The first-order valence-electron chi connectivity index (χ1n) is 9.63. The predicted octanol–water partition coefficient (Wildman–Crippen LogP) is 1.18. The summed E-state index contributed by atoms with van der Waals surface area (Å²) in [7, 11) is 0. The summed E-state index contributed by atoms with van der Waals surface area (Å²) in [5.74, 6) is 0.0280. The molecule has 10 heteroatoms. The van der Waals surface area contributed by atoms with Gasteiger partial charge >= 0.3 is 6.03 Å². The second kappa shape index (κ2) is 8.16. The summed E-state index contributed by atoms with van der Waals surface area (Å²) in [5.41, 5.74) is 0.885. The Bertz CT molecular complexity index is 886. The first-order valence-corrected chi connectivity index (χ1v) is 9.63. The summed E-state index contributed by atoms with van der Waals surface area (Å²) < 4.78 is 20.2. The predicted molar refractivity (Wildman–Crippen MR) is 103 cm³/mol. The highest BCUT2D eigenvalue weighted by atomic mass is 19.1. The number of anilines is 1. The standard InChI is InChI=1S/C19H23FN6O3/c1-14(27)17-18(26(22-21-17)16-4-2-15(20)3-5-16)23-6-8-24(9-7-23)19(28)25-10-12-29-13-11-25/h2-5H,6-13H2,1H3. The van der Waals surface area contributed by atoms with Gasteiger partial charge in [-0.15, -0.1) is 5.10 Å². The number of nitrogens with zero attached hydrogens (tertiary/aromatic N) is 6. The van der Waals surface area contributed by atoms with Crippen LogP contribution < -0.4 is 4.90 Å². The molecule has 0 bridgehead atoms. The summed E-state index contributed by atoms with van der Waals surface area (Å²) in [5, 5.41) is 8.16. The average Bonchev–Trinajstić information content (AvgIpc) is 3.20. The minimum Gasteiger partial charge on any atom is -0.378 e. The van der Waals surface area contributed by atoms with Crippen molar-refractivity contribution >= 4 is 17.6 Å². The fourth-order valence-corrected chi connectivity index (χ4v) is 3.61. The second-order valence-electron chi connectivity index (χ2n) is 7.06. The molecule has 4 rings (SSSR count). The molecule has 2 amide bonds. The number of ether oxygens (including phenoxy) is 1. The monoisotopic (exact) mass is 402 g/mol. The van der Waals surface area contributed by atoms with E-state index in [1.807, 2.05) is 14.7 Å². The van der Waals surface area contributed by atoms with E-state index in [4.69, 9.17) is 4.74 Å². The third-order valence-electron chi connectivity index (χ3n) is 5.18. The van der Waals surface area contributed by atoms with Crippen molar-refractivity contribution in [3.63, 3.8) is 0 Å². The molecule has 0 N–H and O–H groups in total. The second-order valence-corrected chi connectivity index (χ2v) is 7.06. The zero-order valence-electron chi connectivity index (χ0n) is 16.3. The number of halogens is 1. The number of hydrogen-bond acceptors (Lipinski definition) is 6. The molecule has 2 aromatic rings. The Balaban J connectivity index is 1.53. The Hall–Kier alpha value is -3.01. The SMILES string of the molecule is CC(=O)c1nnn(-c2ccc(F)cc2)c1N1CCN(C(=O)N2CCOCC2)CC1. The van der Waals surface area contributed by atoms with Gasteiger partial charge in [0.05, 0.1) is 18.9 Å². The van der Waals surface area contributed by atoms with Gasteiger partial charge in [0.25, 0.3) is 0 Å². The Kier molecular flexibility index (Phi) is 5.43. The number of Topliss-reactive ketones (excluding diaryl/α,β-unsaturated/α-hetero) is 1. The Morgan fingerprint density at radius 3 is 2.21 bits per heavy atom. The number of rotatable bonds is 3. The lowest BCUT2D eigenvalue weighted by atomic mass is 10.2. The summed E-state index contributed by atoms with van der Waals surface area (Å²) in [6.07, 6.45) is 0. The van der Waals surface area contributed by atoms with Crippen molar-refractivity contribution in [1.82, 2.24) is 24.8 Å².